The Morgan fingerprint density at radius 2 is 0.864 bits per heavy atom. The quantitative estimate of drug-likeness (QED) is 0.105. The maximum absolute atomic E-state index is 12.5. The summed E-state index contributed by atoms with van der Waals surface area (Å²) in [4.78, 5) is 25.0. The predicted molar refractivity (Wildman–Crippen MR) is 176 cm³/mol. The number of hydrogen-bond donors (Lipinski definition) is 0. The Morgan fingerprint density at radius 3 is 1.23 bits per heavy atom. The van der Waals surface area contributed by atoms with Crippen molar-refractivity contribution in [1.29, 1.82) is 0 Å². The van der Waals surface area contributed by atoms with Crippen LogP contribution >= 0.6 is 0 Å². The molecule has 0 aliphatic rings. The van der Waals surface area contributed by atoms with Gasteiger partial charge >= 0.3 is 12.3 Å². The molecule has 0 aromatic heterocycles. The van der Waals surface area contributed by atoms with E-state index in [1.54, 1.807) is 0 Å². The fourth-order valence-electron chi connectivity index (χ4n) is 6.27. The van der Waals surface area contributed by atoms with E-state index >= 15 is 0 Å². The van der Waals surface area contributed by atoms with Crippen LogP contribution < -0.4 is 9.47 Å². The Balaban J connectivity index is 1.85. The van der Waals surface area contributed by atoms with Gasteiger partial charge in [0.1, 0.15) is 11.5 Å². The number of ether oxygens (including phenoxy) is 4. The molecule has 6 aromatic rings. The standard InChI is InChI=1S/C38H34O6/c1-5-11-23-17-19-29-31(21-23)33(25-13-7-9-15-27(25)35(29)43-37(39)41-3)34-26-14-8-10-16-28(26)36(44-38(40)42-4)30-20-18-24(12-6-2)22-32(30)34/h7-10,13-22H,5-6,11-12H2,1-4H3. The molecule has 0 unspecified atom stereocenters. The van der Waals surface area contributed by atoms with Crippen LogP contribution in [0, 0.1) is 0 Å². The first kappa shape index (κ1) is 29.0. The zero-order valence-electron chi connectivity index (χ0n) is 25.4. The number of methoxy groups -OCH3 is 2. The summed E-state index contributed by atoms with van der Waals surface area (Å²) in [6.07, 6.45) is 2.25. The van der Waals surface area contributed by atoms with Crippen LogP contribution in [0.3, 0.4) is 0 Å². The highest BCUT2D eigenvalue weighted by molar-refractivity contribution is 6.27. The average Bonchev–Trinajstić information content (AvgIpc) is 3.05. The second kappa shape index (κ2) is 12.3. The second-order valence-electron chi connectivity index (χ2n) is 10.9. The first-order valence-electron chi connectivity index (χ1n) is 15.0. The summed E-state index contributed by atoms with van der Waals surface area (Å²) < 4.78 is 21.5. The van der Waals surface area contributed by atoms with Crippen LogP contribution in [0.4, 0.5) is 9.59 Å². The van der Waals surface area contributed by atoms with Crippen LogP contribution in [0.2, 0.25) is 0 Å². The molecule has 0 aliphatic carbocycles. The smallest absolute Gasteiger partial charge is 0.437 e. The molecule has 0 N–H and O–H groups in total. The molecule has 0 bridgehead atoms. The van der Waals surface area contributed by atoms with Gasteiger partial charge in [-0.05, 0) is 56.6 Å². The molecule has 6 heteroatoms. The van der Waals surface area contributed by atoms with Gasteiger partial charge in [0, 0.05) is 21.5 Å². The Bertz CT molecular complexity index is 1910. The van der Waals surface area contributed by atoms with Crippen molar-refractivity contribution >= 4 is 55.4 Å². The number of fused-ring (bicyclic) bond motifs is 4. The van der Waals surface area contributed by atoms with Crippen LogP contribution in [-0.4, -0.2) is 26.5 Å². The van der Waals surface area contributed by atoms with E-state index in [1.165, 1.54) is 25.3 Å². The molecule has 0 saturated carbocycles. The zero-order chi connectivity index (χ0) is 30.8. The summed E-state index contributed by atoms with van der Waals surface area (Å²) >= 11 is 0. The number of aryl methyl sites for hydroxylation is 2. The predicted octanol–water partition coefficient (Wildman–Crippen LogP) is 10.2. The first-order chi connectivity index (χ1) is 21.5. The maximum atomic E-state index is 12.5. The lowest BCUT2D eigenvalue weighted by atomic mass is 9.84. The maximum Gasteiger partial charge on any atom is 0.513 e. The fourth-order valence-corrected chi connectivity index (χ4v) is 6.27. The summed E-state index contributed by atoms with van der Waals surface area (Å²) in [7, 11) is 2.62. The molecule has 0 fully saturated rings. The monoisotopic (exact) mass is 586 g/mol. The van der Waals surface area contributed by atoms with Crippen molar-refractivity contribution in [3.05, 3.63) is 96.1 Å². The number of rotatable bonds is 7. The van der Waals surface area contributed by atoms with Crippen molar-refractivity contribution in [2.45, 2.75) is 39.5 Å². The Labute approximate surface area is 256 Å². The van der Waals surface area contributed by atoms with E-state index in [9.17, 15) is 9.59 Å². The summed E-state index contributed by atoms with van der Waals surface area (Å²) in [6.45, 7) is 4.32. The molecule has 0 spiro atoms. The van der Waals surface area contributed by atoms with Crippen molar-refractivity contribution in [2.24, 2.45) is 0 Å². The number of carbonyl (C=O) groups is 2. The van der Waals surface area contributed by atoms with Crippen LogP contribution in [0.1, 0.15) is 37.8 Å². The third kappa shape index (κ3) is 5.06. The lowest BCUT2D eigenvalue weighted by Gasteiger charge is -2.22. The van der Waals surface area contributed by atoms with Gasteiger partial charge in [-0.2, -0.15) is 0 Å². The second-order valence-corrected chi connectivity index (χ2v) is 10.9. The Morgan fingerprint density at radius 1 is 0.500 bits per heavy atom. The minimum Gasteiger partial charge on any atom is -0.437 e. The molecule has 0 heterocycles. The first-order valence-corrected chi connectivity index (χ1v) is 15.0. The molecule has 6 aromatic carbocycles. The minimum atomic E-state index is -0.772. The van der Waals surface area contributed by atoms with Crippen molar-refractivity contribution in [3.8, 4) is 22.6 Å². The van der Waals surface area contributed by atoms with E-state index in [4.69, 9.17) is 18.9 Å². The number of carbonyl (C=O) groups excluding carboxylic acids is 2. The summed E-state index contributed by atoms with van der Waals surface area (Å²) in [5, 5.41) is 6.98. The molecule has 0 atom stereocenters. The minimum absolute atomic E-state index is 0.458. The summed E-state index contributed by atoms with van der Waals surface area (Å²) in [5.41, 5.74) is 4.41. The molecule has 0 amide bonds. The lowest BCUT2D eigenvalue weighted by molar-refractivity contribution is 0.121. The molecule has 222 valence electrons. The van der Waals surface area contributed by atoms with Gasteiger partial charge in [0.15, 0.2) is 0 Å². The fraction of sp³-hybridized carbons (Fsp3) is 0.211. The van der Waals surface area contributed by atoms with Gasteiger partial charge in [0.25, 0.3) is 0 Å². The van der Waals surface area contributed by atoms with Crippen molar-refractivity contribution in [1.82, 2.24) is 0 Å². The highest BCUT2D eigenvalue weighted by atomic mass is 16.7. The van der Waals surface area contributed by atoms with E-state index in [0.717, 1.165) is 79.9 Å². The normalized spacial score (nSPS) is 11.3. The van der Waals surface area contributed by atoms with E-state index in [0.29, 0.717) is 11.5 Å². The van der Waals surface area contributed by atoms with Crippen LogP contribution in [0.5, 0.6) is 11.5 Å². The Kier molecular flexibility index (Phi) is 8.07. The molecule has 6 rings (SSSR count). The topological polar surface area (TPSA) is 71.1 Å². The molecule has 0 aliphatic heterocycles. The third-order valence-electron chi connectivity index (χ3n) is 8.11. The molecule has 6 nitrogen and oxygen atoms in total. The van der Waals surface area contributed by atoms with Crippen molar-refractivity contribution in [3.63, 3.8) is 0 Å². The van der Waals surface area contributed by atoms with Gasteiger partial charge in [0.2, 0.25) is 0 Å². The summed E-state index contributed by atoms with van der Waals surface area (Å²) in [6, 6.07) is 28.6. The van der Waals surface area contributed by atoms with Crippen molar-refractivity contribution < 1.29 is 28.5 Å². The molecule has 0 radical (unpaired) electrons. The molecular formula is C38H34O6. The van der Waals surface area contributed by atoms with Gasteiger partial charge in [-0.1, -0.05) is 112 Å². The summed E-state index contributed by atoms with van der Waals surface area (Å²) in [5.74, 6) is 0.917. The van der Waals surface area contributed by atoms with Crippen LogP contribution in [0.15, 0.2) is 84.9 Å². The van der Waals surface area contributed by atoms with Gasteiger partial charge in [0.05, 0.1) is 14.2 Å². The Hall–Kier alpha value is -5.10. The van der Waals surface area contributed by atoms with E-state index in [-0.39, 0.29) is 0 Å². The third-order valence-corrected chi connectivity index (χ3v) is 8.11. The van der Waals surface area contributed by atoms with E-state index < -0.39 is 12.3 Å². The average molecular weight is 587 g/mol. The molecule has 44 heavy (non-hydrogen) atoms. The van der Waals surface area contributed by atoms with Gasteiger partial charge in [-0.3, -0.25) is 0 Å². The molecule has 0 saturated heterocycles. The van der Waals surface area contributed by atoms with Gasteiger partial charge < -0.3 is 18.9 Å². The van der Waals surface area contributed by atoms with Gasteiger partial charge in [-0.25, -0.2) is 9.59 Å². The van der Waals surface area contributed by atoms with Gasteiger partial charge in [-0.15, -0.1) is 0 Å². The number of hydrogen-bond acceptors (Lipinski definition) is 6. The largest absolute Gasteiger partial charge is 0.513 e. The lowest BCUT2D eigenvalue weighted by Crippen LogP contribution is -2.09. The highest BCUT2D eigenvalue weighted by Crippen LogP contribution is 2.50. The highest BCUT2D eigenvalue weighted by Gasteiger charge is 2.24. The van der Waals surface area contributed by atoms with Crippen LogP contribution in [-0.2, 0) is 22.3 Å². The van der Waals surface area contributed by atoms with E-state index in [2.05, 4.69) is 50.2 Å². The van der Waals surface area contributed by atoms with Crippen LogP contribution in [0.25, 0.3) is 54.2 Å². The number of benzene rings is 6. The van der Waals surface area contributed by atoms with Crippen molar-refractivity contribution in [2.75, 3.05) is 14.2 Å². The molecular weight excluding hydrogens is 552 g/mol. The van der Waals surface area contributed by atoms with E-state index in [1.807, 2.05) is 48.5 Å². The SMILES string of the molecule is CCCc1ccc2c(OC(=O)OC)c3ccccc3c(-c3c4ccccc4c(OC(=O)OC)c4ccc(CCC)cc34)c2c1. The zero-order valence-corrected chi connectivity index (χ0v) is 25.4.